The predicted molar refractivity (Wildman–Crippen MR) is 199 cm³/mol. The smallest absolute Gasteiger partial charge is 0.160 e. The fourth-order valence-corrected chi connectivity index (χ4v) is 7.85. The summed E-state index contributed by atoms with van der Waals surface area (Å²) < 4.78 is 6.97. The molecule has 234 valence electrons. The van der Waals surface area contributed by atoms with Crippen LogP contribution in [0.15, 0.2) is 176 Å². The second-order valence-electron chi connectivity index (χ2n) is 12.8. The van der Waals surface area contributed by atoms with Crippen LogP contribution in [-0.4, -0.2) is 15.0 Å². The van der Waals surface area contributed by atoms with E-state index in [0.717, 1.165) is 61.8 Å². The van der Waals surface area contributed by atoms with Gasteiger partial charge < -0.3 is 4.74 Å². The van der Waals surface area contributed by atoms with Gasteiger partial charge in [-0.2, -0.15) is 0 Å². The van der Waals surface area contributed by atoms with Gasteiger partial charge in [0.15, 0.2) is 5.82 Å². The Morgan fingerprint density at radius 1 is 0.400 bits per heavy atom. The highest BCUT2D eigenvalue weighted by Crippen LogP contribution is 2.62. The molecule has 0 saturated heterocycles. The normalized spacial score (nSPS) is 13.1. The fourth-order valence-electron chi connectivity index (χ4n) is 7.85. The van der Waals surface area contributed by atoms with E-state index < -0.39 is 5.41 Å². The van der Waals surface area contributed by atoms with Crippen molar-refractivity contribution in [3.63, 3.8) is 0 Å². The molecule has 1 aliphatic carbocycles. The van der Waals surface area contributed by atoms with Crippen LogP contribution in [0.3, 0.4) is 0 Å². The van der Waals surface area contributed by atoms with Crippen molar-refractivity contribution in [2.75, 3.05) is 0 Å². The van der Waals surface area contributed by atoms with E-state index in [2.05, 4.69) is 126 Å². The average Bonchev–Trinajstić information content (AvgIpc) is 3.49. The van der Waals surface area contributed by atoms with Gasteiger partial charge >= 0.3 is 0 Å². The number of hydrogen-bond donors (Lipinski definition) is 0. The molecule has 0 fully saturated rings. The predicted octanol–water partition coefficient (Wildman–Crippen LogP) is 11.0. The van der Waals surface area contributed by atoms with Crippen LogP contribution in [-0.2, 0) is 5.41 Å². The molecule has 0 radical (unpaired) electrons. The van der Waals surface area contributed by atoms with Gasteiger partial charge in [0, 0.05) is 45.8 Å². The van der Waals surface area contributed by atoms with E-state index >= 15 is 0 Å². The second-order valence-corrected chi connectivity index (χ2v) is 12.8. The maximum absolute atomic E-state index is 6.97. The Morgan fingerprint density at radius 3 is 1.50 bits per heavy atom. The number of aromatic nitrogens is 3. The standard InChI is InChI=1S/C46H29N3O/c1-3-12-30(13-4-1)41-28-42(31-14-5-2-6-15-31)49-45(48-41)33-22-24-40-44(27-33)50-43-26-32(34-16-11-25-47-29-34)21-23-39(43)46(40)37-19-9-7-17-35(37)36-18-8-10-20-38(36)46/h1-29H. The lowest BCUT2D eigenvalue weighted by Crippen LogP contribution is -2.32. The molecule has 0 N–H and O–H groups in total. The zero-order chi connectivity index (χ0) is 33.1. The fraction of sp³-hybridized carbons (Fsp3) is 0.0217. The first-order valence-electron chi connectivity index (χ1n) is 16.8. The van der Waals surface area contributed by atoms with Gasteiger partial charge in [-0.25, -0.2) is 9.97 Å². The summed E-state index contributed by atoms with van der Waals surface area (Å²) in [5.74, 6) is 2.26. The Morgan fingerprint density at radius 2 is 0.920 bits per heavy atom. The van der Waals surface area contributed by atoms with Crippen LogP contribution in [0.5, 0.6) is 11.5 Å². The molecule has 2 aliphatic rings. The van der Waals surface area contributed by atoms with Crippen molar-refractivity contribution in [2.24, 2.45) is 0 Å². The number of nitrogens with zero attached hydrogens (tertiary/aromatic N) is 3. The largest absolute Gasteiger partial charge is 0.457 e. The van der Waals surface area contributed by atoms with Crippen LogP contribution >= 0.6 is 0 Å². The van der Waals surface area contributed by atoms with Crippen molar-refractivity contribution >= 4 is 0 Å². The van der Waals surface area contributed by atoms with Gasteiger partial charge in [-0.3, -0.25) is 4.98 Å². The van der Waals surface area contributed by atoms with E-state index in [1.165, 1.54) is 22.3 Å². The summed E-state index contributed by atoms with van der Waals surface area (Å²) in [6, 6.07) is 57.4. The maximum Gasteiger partial charge on any atom is 0.160 e. The first-order chi connectivity index (χ1) is 24.8. The molecule has 10 rings (SSSR count). The highest BCUT2D eigenvalue weighted by molar-refractivity contribution is 5.89. The molecular formula is C46H29N3O. The van der Waals surface area contributed by atoms with Crippen LogP contribution in [0.1, 0.15) is 22.3 Å². The van der Waals surface area contributed by atoms with Crippen LogP contribution in [0.4, 0.5) is 0 Å². The van der Waals surface area contributed by atoms with Crippen molar-refractivity contribution in [3.05, 3.63) is 198 Å². The first kappa shape index (κ1) is 28.4. The van der Waals surface area contributed by atoms with Gasteiger partial charge in [-0.15, -0.1) is 0 Å². The molecule has 8 aromatic rings. The van der Waals surface area contributed by atoms with E-state index in [-0.39, 0.29) is 0 Å². The van der Waals surface area contributed by atoms with Gasteiger partial charge in [0.2, 0.25) is 0 Å². The Kier molecular flexibility index (Phi) is 6.36. The lowest BCUT2D eigenvalue weighted by atomic mass is 9.66. The van der Waals surface area contributed by atoms with Crippen molar-refractivity contribution in [1.29, 1.82) is 0 Å². The highest BCUT2D eigenvalue weighted by Gasteiger charge is 2.51. The molecule has 1 spiro atoms. The van der Waals surface area contributed by atoms with Crippen LogP contribution < -0.4 is 4.74 Å². The lowest BCUT2D eigenvalue weighted by Gasteiger charge is -2.39. The highest BCUT2D eigenvalue weighted by atomic mass is 16.5. The minimum Gasteiger partial charge on any atom is -0.457 e. The first-order valence-corrected chi connectivity index (χ1v) is 16.8. The molecule has 0 bridgehead atoms. The molecule has 6 aromatic carbocycles. The van der Waals surface area contributed by atoms with E-state index in [9.17, 15) is 0 Å². The third-order valence-corrected chi connectivity index (χ3v) is 10.1. The molecule has 50 heavy (non-hydrogen) atoms. The lowest BCUT2D eigenvalue weighted by molar-refractivity contribution is 0.437. The molecule has 0 amide bonds. The molecule has 2 aromatic heterocycles. The van der Waals surface area contributed by atoms with Gasteiger partial charge in [0.1, 0.15) is 11.5 Å². The molecule has 4 nitrogen and oxygen atoms in total. The van der Waals surface area contributed by atoms with Crippen molar-refractivity contribution < 1.29 is 4.74 Å². The number of rotatable bonds is 4. The quantitative estimate of drug-likeness (QED) is 0.192. The summed E-state index contributed by atoms with van der Waals surface area (Å²) in [6.07, 6.45) is 3.70. The summed E-state index contributed by atoms with van der Waals surface area (Å²) in [7, 11) is 0. The summed E-state index contributed by atoms with van der Waals surface area (Å²) >= 11 is 0. The van der Waals surface area contributed by atoms with Gasteiger partial charge in [0.25, 0.3) is 0 Å². The van der Waals surface area contributed by atoms with Gasteiger partial charge in [-0.1, -0.05) is 140 Å². The molecule has 0 atom stereocenters. The Labute approximate surface area is 290 Å². The van der Waals surface area contributed by atoms with Gasteiger partial charge in [0.05, 0.1) is 16.8 Å². The number of pyridine rings is 1. The zero-order valence-electron chi connectivity index (χ0n) is 27.0. The van der Waals surface area contributed by atoms with Crippen molar-refractivity contribution in [1.82, 2.24) is 15.0 Å². The second kappa shape index (κ2) is 11.2. The maximum atomic E-state index is 6.97. The Balaban J connectivity index is 1.22. The summed E-state index contributed by atoms with van der Waals surface area (Å²) in [6.45, 7) is 0. The number of benzene rings is 6. The number of ether oxygens (including phenoxy) is 1. The third-order valence-electron chi connectivity index (χ3n) is 10.1. The number of fused-ring (bicyclic) bond motifs is 9. The molecule has 1 aliphatic heterocycles. The molecule has 3 heterocycles. The molecule has 4 heteroatoms. The molecule has 0 unspecified atom stereocenters. The monoisotopic (exact) mass is 639 g/mol. The van der Waals surface area contributed by atoms with Crippen LogP contribution in [0.2, 0.25) is 0 Å². The zero-order valence-corrected chi connectivity index (χ0v) is 27.0. The minimum atomic E-state index is -0.565. The van der Waals surface area contributed by atoms with Crippen LogP contribution in [0, 0.1) is 0 Å². The third kappa shape index (κ3) is 4.28. The summed E-state index contributed by atoms with van der Waals surface area (Å²) in [4.78, 5) is 14.7. The topological polar surface area (TPSA) is 47.9 Å². The number of hydrogen-bond acceptors (Lipinski definition) is 4. The minimum absolute atomic E-state index is 0.565. The van der Waals surface area contributed by atoms with Gasteiger partial charge in [-0.05, 0) is 52.1 Å². The SMILES string of the molecule is c1ccc(-c2cc(-c3ccccc3)nc(-c3ccc4c(c3)Oc3cc(-c5cccnc5)ccc3C43c4ccccc4-c4ccccc43)n2)cc1. The van der Waals surface area contributed by atoms with E-state index in [1.807, 2.05) is 48.7 Å². The Bertz CT molecular complexity index is 2460. The van der Waals surface area contributed by atoms with Crippen molar-refractivity contribution in [3.8, 4) is 67.7 Å². The van der Waals surface area contributed by atoms with E-state index in [4.69, 9.17) is 14.7 Å². The summed E-state index contributed by atoms with van der Waals surface area (Å²) in [5, 5.41) is 0. The van der Waals surface area contributed by atoms with Crippen molar-refractivity contribution in [2.45, 2.75) is 5.41 Å². The van der Waals surface area contributed by atoms with E-state index in [0.29, 0.717) is 5.82 Å². The Hall–Kier alpha value is -6.65. The summed E-state index contributed by atoms with van der Waals surface area (Å²) in [5.41, 5.74) is 13.5. The molecule has 0 saturated carbocycles. The van der Waals surface area contributed by atoms with E-state index in [1.54, 1.807) is 6.20 Å². The average molecular weight is 640 g/mol. The van der Waals surface area contributed by atoms with Crippen LogP contribution in [0.25, 0.3) is 56.2 Å². The molecular weight excluding hydrogens is 611 g/mol.